The van der Waals surface area contributed by atoms with Gasteiger partial charge in [0.25, 0.3) is 0 Å². The molecule has 0 atom stereocenters. The fourth-order valence-electron chi connectivity index (χ4n) is 2.12. The van der Waals surface area contributed by atoms with Crippen molar-refractivity contribution in [2.75, 3.05) is 13.6 Å². The molecular weight excluding hydrogens is 272 g/mol. The normalized spacial score (nSPS) is 12.2. The van der Waals surface area contributed by atoms with Crippen LogP contribution in [0.3, 0.4) is 0 Å². The molecule has 1 aromatic carbocycles. The van der Waals surface area contributed by atoms with Gasteiger partial charge in [-0.2, -0.15) is 0 Å². The van der Waals surface area contributed by atoms with E-state index in [4.69, 9.17) is 0 Å². The second-order valence-electron chi connectivity index (χ2n) is 5.02. The van der Waals surface area contributed by atoms with Gasteiger partial charge in [0, 0.05) is 25.2 Å². The van der Waals surface area contributed by atoms with Crippen LogP contribution in [0.5, 0.6) is 0 Å². The standard InChI is InChI=1S/C15H20N2O2S/c1-4-5-9-17(3)20(18,19)14-8-6-7-13-10-12(2)11-16-15(13)14/h6-8,10-11H,4-5,9H2,1-3H3. The Hall–Kier alpha value is -1.46. The Morgan fingerprint density at radius 1 is 1.30 bits per heavy atom. The van der Waals surface area contributed by atoms with E-state index in [-0.39, 0.29) is 4.90 Å². The summed E-state index contributed by atoms with van der Waals surface area (Å²) in [6, 6.07) is 7.24. The molecule has 0 aliphatic rings. The molecule has 1 aromatic heterocycles. The number of para-hydroxylation sites is 1. The SMILES string of the molecule is CCCCN(C)S(=O)(=O)c1cccc2cc(C)cnc12. The van der Waals surface area contributed by atoms with Crippen LogP contribution in [0.1, 0.15) is 25.3 Å². The van der Waals surface area contributed by atoms with Crippen molar-refractivity contribution in [3.05, 3.63) is 36.0 Å². The largest absolute Gasteiger partial charge is 0.255 e. The molecule has 20 heavy (non-hydrogen) atoms. The van der Waals surface area contributed by atoms with Crippen LogP contribution in [-0.2, 0) is 10.0 Å². The van der Waals surface area contributed by atoms with E-state index in [1.165, 1.54) is 4.31 Å². The summed E-state index contributed by atoms with van der Waals surface area (Å²) in [4.78, 5) is 4.59. The minimum Gasteiger partial charge on any atom is -0.255 e. The first-order valence-electron chi connectivity index (χ1n) is 6.78. The topological polar surface area (TPSA) is 50.3 Å². The summed E-state index contributed by atoms with van der Waals surface area (Å²) in [7, 11) is -1.86. The maximum Gasteiger partial charge on any atom is 0.244 e. The van der Waals surface area contributed by atoms with Crippen LogP contribution in [-0.4, -0.2) is 31.3 Å². The van der Waals surface area contributed by atoms with Gasteiger partial charge in [0.05, 0.1) is 5.52 Å². The quantitative estimate of drug-likeness (QED) is 0.851. The molecule has 1 heterocycles. The van der Waals surface area contributed by atoms with E-state index in [1.54, 1.807) is 25.4 Å². The summed E-state index contributed by atoms with van der Waals surface area (Å²) < 4.78 is 26.7. The van der Waals surface area contributed by atoms with Crippen LogP contribution < -0.4 is 0 Å². The molecule has 0 unspecified atom stereocenters. The average molecular weight is 292 g/mol. The molecule has 0 N–H and O–H groups in total. The predicted octanol–water partition coefficient (Wildman–Crippen LogP) is 2.96. The molecule has 0 fully saturated rings. The number of hydrogen-bond acceptors (Lipinski definition) is 3. The number of unbranched alkanes of at least 4 members (excludes halogenated alkanes) is 1. The molecule has 4 nitrogen and oxygen atoms in total. The summed E-state index contributed by atoms with van der Waals surface area (Å²) in [6.07, 6.45) is 3.52. The van der Waals surface area contributed by atoms with Crippen LogP contribution in [0.25, 0.3) is 10.9 Å². The van der Waals surface area contributed by atoms with Crippen molar-refractivity contribution in [2.45, 2.75) is 31.6 Å². The number of aryl methyl sites for hydroxylation is 1. The van der Waals surface area contributed by atoms with E-state index in [0.717, 1.165) is 23.8 Å². The number of aromatic nitrogens is 1. The molecule has 0 bridgehead atoms. The van der Waals surface area contributed by atoms with Gasteiger partial charge in [0.2, 0.25) is 10.0 Å². The van der Waals surface area contributed by atoms with Crippen molar-refractivity contribution in [3.8, 4) is 0 Å². The van der Waals surface area contributed by atoms with Crippen LogP contribution in [0.4, 0.5) is 0 Å². The highest BCUT2D eigenvalue weighted by Gasteiger charge is 2.23. The van der Waals surface area contributed by atoms with E-state index < -0.39 is 10.0 Å². The Bertz CT molecular complexity index is 711. The summed E-state index contributed by atoms with van der Waals surface area (Å²) in [6.45, 7) is 4.52. The van der Waals surface area contributed by atoms with Gasteiger partial charge >= 0.3 is 0 Å². The lowest BCUT2D eigenvalue weighted by Crippen LogP contribution is -2.28. The number of benzene rings is 1. The molecule has 0 aliphatic heterocycles. The molecule has 0 amide bonds. The Labute approximate surface area is 120 Å². The smallest absolute Gasteiger partial charge is 0.244 e. The Morgan fingerprint density at radius 3 is 2.75 bits per heavy atom. The monoisotopic (exact) mass is 292 g/mol. The van der Waals surface area contributed by atoms with Gasteiger partial charge in [-0.25, -0.2) is 12.7 Å². The number of pyridine rings is 1. The number of hydrogen-bond donors (Lipinski definition) is 0. The molecule has 0 radical (unpaired) electrons. The van der Waals surface area contributed by atoms with Crippen molar-refractivity contribution in [1.82, 2.24) is 9.29 Å². The lowest BCUT2D eigenvalue weighted by Gasteiger charge is -2.17. The minimum atomic E-state index is -3.48. The molecule has 2 aromatic rings. The van der Waals surface area contributed by atoms with Gasteiger partial charge in [-0.05, 0) is 31.0 Å². The van der Waals surface area contributed by atoms with E-state index in [0.29, 0.717) is 12.1 Å². The molecule has 0 saturated heterocycles. The predicted molar refractivity (Wildman–Crippen MR) is 81.2 cm³/mol. The molecule has 108 valence electrons. The van der Waals surface area contributed by atoms with Crippen molar-refractivity contribution in [1.29, 1.82) is 0 Å². The van der Waals surface area contributed by atoms with Crippen molar-refractivity contribution < 1.29 is 8.42 Å². The first-order valence-corrected chi connectivity index (χ1v) is 8.22. The molecule has 0 spiro atoms. The summed E-state index contributed by atoms with van der Waals surface area (Å²) in [5.74, 6) is 0. The Balaban J connectivity index is 2.52. The maximum absolute atomic E-state index is 12.6. The highest BCUT2D eigenvalue weighted by molar-refractivity contribution is 7.89. The van der Waals surface area contributed by atoms with E-state index in [9.17, 15) is 8.42 Å². The third-order valence-corrected chi connectivity index (χ3v) is 5.21. The van der Waals surface area contributed by atoms with Crippen molar-refractivity contribution in [3.63, 3.8) is 0 Å². The van der Waals surface area contributed by atoms with Crippen LogP contribution in [0.15, 0.2) is 35.4 Å². The fourth-order valence-corrected chi connectivity index (χ4v) is 3.49. The van der Waals surface area contributed by atoms with Crippen LogP contribution in [0, 0.1) is 6.92 Å². The molecular formula is C15H20N2O2S. The maximum atomic E-state index is 12.6. The van der Waals surface area contributed by atoms with E-state index >= 15 is 0 Å². The number of rotatable bonds is 5. The van der Waals surface area contributed by atoms with Crippen LogP contribution >= 0.6 is 0 Å². The fraction of sp³-hybridized carbons (Fsp3) is 0.400. The lowest BCUT2D eigenvalue weighted by molar-refractivity contribution is 0.460. The van der Waals surface area contributed by atoms with Crippen LogP contribution in [0.2, 0.25) is 0 Å². The average Bonchev–Trinajstić information content (AvgIpc) is 2.43. The zero-order valence-electron chi connectivity index (χ0n) is 12.1. The van der Waals surface area contributed by atoms with Gasteiger partial charge < -0.3 is 0 Å². The van der Waals surface area contributed by atoms with E-state index in [1.807, 2.05) is 26.0 Å². The first kappa shape index (κ1) is 14.9. The Kier molecular flexibility index (Phi) is 4.40. The second-order valence-corrected chi connectivity index (χ2v) is 7.03. The summed E-state index contributed by atoms with van der Waals surface area (Å²) >= 11 is 0. The van der Waals surface area contributed by atoms with Gasteiger partial charge in [-0.15, -0.1) is 0 Å². The zero-order chi connectivity index (χ0) is 14.8. The molecule has 2 rings (SSSR count). The van der Waals surface area contributed by atoms with E-state index in [2.05, 4.69) is 4.98 Å². The van der Waals surface area contributed by atoms with Gasteiger partial charge in [0.1, 0.15) is 4.90 Å². The van der Waals surface area contributed by atoms with Crippen molar-refractivity contribution in [2.24, 2.45) is 0 Å². The lowest BCUT2D eigenvalue weighted by atomic mass is 10.2. The second kappa shape index (κ2) is 5.89. The number of nitrogens with zero attached hydrogens (tertiary/aromatic N) is 2. The van der Waals surface area contributed by atoms with Gasteiger partial charge in [-0.3, -0.25) is 4.98 Å². The zero-order valence-corrected chi connectivity index (χ0v) is 12.9. The highest BCUT2D eigenvalue weighted by atomic mass is 32.2. The third kappa shape index (κ3) is 2.83. The molecule has 0 aliphatic carbocycles. The third-order valence-electron chi connectivity index (χ3n) is 3.33. The minimum absolute atomic E-state index is 0.286. The number of fused-ring (bicyclic) bond motifs is 1. The van der Waals surface area contributed by atoms with Gasteiger partial charge in [-0.1, -0.05) is 25.5 Å². The molecule has 5 heteroatoms. The first-order chi connectivity index (χ1) is 9.46. The molecule has 0 saturated carbocycles. The summed E-state index contributed by atoms with van der Waals surface area (Å²) in [5, 5.41) is 0.856. The Morgan fingerprint density at radius 2 is 2.05 bits per heavy atom. The van der Waals surface area contributed by atoms with Gasteiger partial charge in [0.15, 0.2) is 0 Å². The highest BCUT2D eigenvalue weighted by Crippen LogP contribution is 2.24. The number of sulfonamides is 1. The summed E-state index contributed by atoms with van der Waals surface area (Å²) in [5.41, 5.74) is 1.56. The van der Waals surface area contributed by atoms with Crippen molar-refractivity contribution >= 4 is 20.9 Å².